The molecule has 0 fully saturated rings. The van der Waals surface area contributed by atoms with Gasteiger partial charge in [-0.05, 0) is 6.42 Å². The summed E-state index contributed by atoms with van der Waals surface area (Å²) in [4.78, 5) is 43.3. The van der Waals surface area contributed by atoms with Gasteiger partial charge in [0.15, 0.2) is 0 Å². The summed E-state index contributed by atoms with van der Waals surface area (Å²) in [5, 5.41) is 0. The normalized spacial score (nSPS) is 4.63. The smallest absolute Gasteiger partial charge is 0.214 e. The molecule has 0 aromatic carbocycles. The molecule has 0 aliphatic rings. The van der Waals surface area contributed by atoms with Gasteiger partial charge < -0.3 is 28.8 Å². The Labute approximate surface area is 130 Å². The summed E-state index contributed by atoms with van der Waals surface area (Å²) in [6.45, 7) is 19.4. The molecule has 0 aliphatic carbocycles. The van der Waals surface area contributed by atoms with Crippen molar-refractivity contribution >= 4 is 33.9 Å². The van der Waals surface area contributed by atoms with E-state index < -0.39 is 0 Å². The number of carbonyl (C=O) groups excluding carboxylic acids is 5. The third-order valence-corrected chi connectivity index (χ3v) is 1.12. The van der Waals surface area contributed by atoms with E-state index in [1.807, 2.05) is 33.9 Å². The Hall–Kier alpha value is -1.47. The zero-order chi connectivity index (χ0) is 16.2. The molecule has 112 valence electrons. The summed E-state index contributed by atoms with van der Waals surface area (Å²) in [5.41, 5.74) is 0. The molecule has 0 N–H and O–H groups in total. The monoisotopic (exact) mass is 445 g/mol. The van der Waals surface area contributed by atoms with Crippen LogP contribution in [0.4, 0.5) is 0 Å². The standard InChI is InChI=1S/C7H13N.5CH2O.W/c1-3-4-5-6-7-8-2;5*1-2;/h3-7H2,1H3;5*1H2;. The quantitative estimate of drug-likeness (QED) is 0.484. The van der Waals surface area contributed by atoms with Gasteiger partial charge in [0, 0.05) is 27.5 Å². The van der Waals surface area contributed by atoms with E-state index in [-0.39, 0.29) is 21.1 Å². The van der Waals surface area contributed by atoms with Gasteiger partial charge in [-0.1, -0.05) is 19.8 Å². The predicted octanol–water partition coefficient (Wildman–Crippen LogP) is 1.56. The van der Waals surface area contributed by atoms with Crippen molar-refractivity contribution in [1.29, 1.82) is 0 Å². The van der Waals surface area contributed by atoms with Crippen LogP contribution in [0, 0.1) is 6.57 Å². The number of carbonyl (C=O) groups is 5. The zero-order valence-electron chi connectivity index (χ0n) is 11.5. The molecule has 0 radical (unpaired) electrons. The van der Waals surface area contributed by atoms with Crippen molar-refractivity contribution in [2.75, 3.05) is 6.54 Å². The minimum absolute atomic E-state index is 0. The average Bonchev–Trinajstić information content (AvgIpc) is 2.54. The summed E-state index contributed by atoms with van der Waals surface area (Å²) in [5.74, 6) is 0. The van der Waals surface area contributed by atoms with Crippen LogP contribution in [0.15, 0.2) is 0 Å². The van der Waals surface area contributed by atoms with Crippen molar-refractivity contribution in [3.63, 3.8) is 0 Å². The van der Waals surface area contributed by atoms with Crippen LogP contribution in [-0.2, 0) is 45.0 Å². The van der Waals surface area contributed by atoms with Crippen LogP contribution in [0.1, 0.15) is 32.6 Å². The van der Waals surface area contributed by atoms with Crippen LogP contribution < -0.4 is 0 Å². The Morgan fingerprint density at radius 3 is 1.26 bits per heavy atom. The number of nitrogens with zero attached hydrogens (tertiary/aromatic N) is 1. The van der Waals surface area contributed by atoms with Gasteiger partial charge in [0.05, 0.1) is 0 Å². The molecular weight excluding hydrogens is 422 g/mol. The molecule has 0 heterocycles. The molecular formula is C12H23NO5W. The van der Waals surface area contributed by atoms with E-state index >= 15 is 0 Å². The van der Waals surface area contributed by atoms with Crippen LogP contribution >= 0.6 is 0 Å². The molecule has 19 heavy (non-hydrogen) atoms. The minimum Gasteiger partial charge on any atom is -0.317 e. The van der Waals surface area contributed by atoms with E-state index in [9.17, 15) is 0 Å². The van der Waals surface area contributed by atoms with Crippen molar-refractivity contribution in [3.8, 4) is 0 Å². The van der Waals surface area contributed by atoms with Crippen molar-refractivity contribution in [3.05, 3.63) is 11.4 Å². The predicted molar refractivity (Wildman–Crippen MR) is 71.2 cm³/mol. The van der Waals surface area contributed by atoms with E-state index in [0.29, 0.717) is 0 Å². The van der Waals surface area contributed by atoms with Crippen molar-refractivity contribution in [2.24, 2.45) is 0 Å². The maximum absolute atomic E-state index is 8.00. The first kappa shape index (κ1) is 43.2. The average molecular weight is 445 g/mol. The van der Waals surface area contributed by atoms with Crippen molar-refractivity contribution < 1.29 is 45.0 Å². The number of hydrogen-bond donors (Lipinski definition) is 0. The van der Waals surface area contributed by atoms with E-state index in [1.54, 1.807) is 0 Å². The largest absolute Gasteiger partial charge is 0.317 e. The molecule has 0 aromatic heterocycles. The van der Waals surface area contributed by atoms with Gasteiger partial charge in [-0.2, -0.15) is 0 Å². The number of rotatable bonds is 4. The number of unbranched alkanes of at least 4 members (excludes halogenated alkanes) is 3. The summed E-state index contributed by atoms with van der Waals surface area (Å²) in [6.07, 6.45) is 4.88. The number of hydrogen-bond acceptors (Lipinski definition) is 5. The third-order valence-electron chi connectivity index (χ3n) is 1.12. The van der Waals surface area contributed by atoms with Gasteiger partial charge in [0.1, 0.15) is 33.9 Å². The molecule has 0 atom stereocenters. The zero-order valence-corrected chi connectivity index (χ0v) is 14.4. The first-order chi connectivity index (χ1) is 8.91. The molecule has 0 aliphatic heterocycles. The van der Waals surface area contributed by atoms with Crippen molar-refractivity contribution in [1.82, 2.24) is 0 Å². The molecule has 6 nitrogen and oxygen atoms in total. The van der Waals surface area contributed by atoms with E-state index in [4.69, 9.17) is 30.5 Å². The Kier molecular flexibility index (Phi) is 442. The molecule has 0 spiro atoms. The molecule has 0 saturated heterocycles. The van der Waals surface area contributed by atoms with Crippen LogP contribution in [-0.4, -0.2) is 40.5 Å². The van der Waals surface area contributed by atoms with Crippen LogP contribution in [0.2, 0.25) is 0 Å². The molecule has 0 saturated carbocycles. The van der Waals surface area contributed by atoms with Crippen LogP contribution in [0.25, 0.3) is 4.85 Å². The maximum Gasteiger partial charge on any atom is 0.214 e. The molecule has 0 rings (SSSR count). The van der Waals surface area contributed by atoms with E-state index in [2.05, 4.69) is 11.8 Å². The molecule has 7 heteroatoms. The first-order valence-corrected chi connectivity index (χ1v) is 4.69. The first-order valence-electron chi connectivity index (χ1n) is 4.69. The SMILES string of the molecule is C=O.C=O.C=O.C=O.C=O.[C-]#[N+]CCCCCC.[W]. The fraction of sp³-hybridized carbons (Fsp3) is 0.500. The van der Waals surface area contributed by atoms with Crippen LogP contribution in [0.5, 0.6) is 0 Å². The Bertz CT molecular complexity index is 133. The van der Waals surface area contributed by atoms with Crippen LogP contribution in [0.3, 0.4) is 0 Å². The molecule has 0 bridgehead atoms. The third kappa shape index (κ3) is 280. The Morgan fingerprint density at radius 1 is 0.737 bits per heavy atom. The summed E-state index contributed by atoms with van der Waals surface area (Å²) < 4.78 is 0. The van der Waals surface area contributed by atoms with Crippen molar-refractivity contribution in [2.45, 2.75) is 32.6 Å². The second kappa shape index (κ2) is 194. The van der Waals surface area contributed by atoms with Gasteiger partial charge >= 0.3 is 0 Å². The van der Waals surface area contributed by atoms with E-state index in [0.717, 1.165) is 13.0 Å². The second-order valence-electron chi connectivity index (χ2n) is 1.94. The fourth-order valence-corrected chi connectivity index (χ4v) is 0.618. The Balaban J connectivity index is -0.0000000223. The van der Waals surface area contributed by atoms with E-state index in [1.165, 1.54) is 19.3 Å². The minimum atomic E-state index is 0. The summed E-state index contributed by atoms with van der Waals surface area (Å²) in [6, 6.07) is 0. The molecule has 0 aromatic rings. The van der Waals surface area contributed by atoms with Gasteiger partial charge in [0.25, 0.3) is 0 Å². The fourth-order valence-electron chi connectivity index (χ4n) is 0.618. The summed E-state index contributed by atoms with van der Waals surface area (Å²) in [7, 11) is 0. The maximum atomic E-state index is 8.00. The Morgan fingerprint density at radius 2 is 1.05 bits per heavy atom. The summed E-state index contributed by atoms with van der Waals surface area (Å²) >= 11 is 0. The van der Waals surface area contributed by atoms with Gasteiger partial charge in [0.2, 0.25) is 6.54 Å². The second-order valence-corrected chi connectivity index (χ2v) is 1.94. The van der Waals surface area contributed by atoms with Gasteiger partial charge in [-0.15, -0.1) is 0 Å². The topological polar surface area (TPSA) is 89.7 Å². The van der Waals surface area contributed by atoms with Gasteiger partial charge in [-0.3, -0.25) is 0 Å². The van der Waals surface area contributed by atoms with Gasteiger partial charge in [-0.25, -0.2) is 6.57 Å². The molecule has 0 amide bonds. The molecule has 0 unspecified atom stereocenters.